The van der Waals surface area contributed by atoms with Gasteiger partial charge >= 0.3 is 0 Å². The van der Waals surface area contributed by atoms with Gasteiger partial charge in [-0.15, -0.1) is 0 Å². The first-order chi connectivity index (χ1) is 7.58. The zero-order chi connectivity index (χ0) is 12.0. The number of benzene rings is 1. The molecule has 16 heavy (non-hydrogen) atoms. The van der Waals surface area contributed by atoms with E-state index in [1.807, 2.05) is 0 Å². The molecule has 0 aliphatic heterocycles. The van der Waals surface area contributed by atoms with Crippen LogP contribution in [0.2, 0.25) is 0 Å². The monoisotopic (exact) mass is 283 g/mol. The summed E-state index contributed by atoms with van der Waals surface area (Å²) >= 11 is 3.49. The molecular weight excluding hydrogens is 262 g/mol. The minimum atomic E-state index is 0.599. The lowest BCUT2D eigenvalue weighted by Crippen LogP contribution is -2.25. The first kappa shape index (κ1) is 13.7. The first-order valence-electron chi connectivity index (χ1n) is 6.05. The van der Waals surface area contributed by atoms with Crippen molar-refractivity contribution in [3.05, 3.63) is 34.3 Å². The van der Waals surface area contributed by atoms with Gasteiger partial charge in [0.1, 0.15) is 0 Å². The highest BCUT2D eigenvalue weighted by atomic mass is 79.9. The molecule has 1 N–H and O–H groups in total. The normalized spacial score (nSPS) is 13.1. The molecule has 1 atom stereocenters. The van der Waals surface area contributed by atoms with E-state index in [1.165, 1.54) is 18.4 Å². The van der Waals surface area contributed by atoms with Gasteiger partial charge in [0.05, 0.1) is 0 Å². The molecule has 1 rings (SSSR count). The average molecular weight is 284 g/mol. The van der Waals surface area contributed by atoms with Crippen molar-refractivity contribution in [2.24, 2.45) is 5.92 Å². The van der Waals surface area contributed by atoms with Gasteiger partial charge < -0.3 is 5.32 Å². The summed E-state index contributed by atoms with van der Waals surface area (Å²) in [6, 6.07) is 9.07. The van der Waals surface area contributed by atoms with Crippen molar-refractivity contribution >= 4 is 15.9 Å². The zero-order valence-electron chi connectivity index (χ0n) is 10.5. The van der Waals surface area contributed by atoms with Crippen molar-refractivity contribution in [2.45, 2.75) is 46.2 Å². The smallest absolute Gasteiger partial charge is 0.0208 e. The maximum absolute atomic E-state index is 3.56. The van der Waals surface area contributed by atoms with Gasteiger partial charge in [0.25, 0.3) is 0 Å². The quantitative estimate of drug-likeness (QED) is 0.818. The van der Waals surface area contributed by atoms with Crippen LogP contribution in [0.4, 0.5) is 0 Å². The van der Waals surface area contributed by atoms with E-state index < -0.39 is 0 Å². The van der Waals surface area contributed by atoms with E-state index in [9.17, 15) is 0 Å². The molecule has 0 saturated carbocycles. The van der Waals surface area contributed by atoms with Crippen LogP contribution in [-0.4, -0.2) is 6.04 Å². The van der Waals surface area contributed by atoms with E-state index >= 15 is 0 Å². The Morgan fingerprint density at radius 2 is 1.94 bits per heavy atom. The fraction of sp³-hybridized carbons (Fsp3) is 0.571. The third kappa shape index (κ3) is 5.66. The lowest BCUT2D eigenvalue weighted by Gasteiger charge is -2.15. The van der Waals surface area contributed by atoms with Gasteiger partial charge in [-0.2, -0.15) is 0 Å². The summed E-state index contributed by atoms with van der Waals surface area (Å²) in [6.07, 6.45) is 2.55. The fourth-order valence-electron chi connectivity index (χ4n) is 1.62. The maximum atomic E-state index is 3.56. The molecule has 0 amide bonds. The minimum Gasteiger partial charge on any atom is -0.310 e. The van der Waals surface area contributed by atoms with Crippen LogP contribution in [0.3, 0.4) is 0 Å². The fourth-order valence-corrected chi connectivity index (χ4v) is 2.07. The summed E-state index contributed by atoms with van der Waals surface area (Å²) in [5.41, 5.74) is 1.34. The SMILES string of the molecule is CC(C)CCC(C)NCc1cccc(Br)c1. The molecule has 0 spiro atoms. The summed E-state index contributed by atoms with van der Waals surface area (Å²) in [5.74, 6) is 0.801. The van der Waals surface area contributed by atoms with Crippen LogP contribution in [0.15, 0.2) is 28.7 Å². The lowest BCUT2D eigenvalue weighted by atomic mass is 10.0. The van der Waals surface area contributed by atoms with E-state index in [2.05, 4.69) is 66.3 Å². The Balaban J connectivity index is 2.28. The standard InChI is InChI=1S/C14H22BrN/c1-11(2)7-8-12(3)16-10-13-5-4-6-14(15)9-13/h4-6,9,11-12,16H,7-8,10H2,1-3H3. The van der Waals surface area contributed by atoms with E-state index in [-0.39, 0.29) is 0 Å². The Hall–Kier alpha value is -0.340. The highest BCUT2D eigenvalue weighted by Crippen LogP contribution is 2.12. The molecule has 0 saturated heterocycles. The second-order valence-electron chi connectivity index (χ2n) is 4.88. The van der Waals surface area contributed by atoms with Crippen molar-refractivity contribution in [2.75, 3.05) is 0 Å². The Bertz CT molecular complexity index is 309. The Kier molecular flexibility index (Phi) is 6.07. The topological polar surface area (TPSA) is 12.0 Å². The second-order valence-corrected chi connectivity index (χ2v) is 5.80. The summed E-state index contributed by atoms with van der Waals surface area (Å²) in [5, 5.41) is 3.56. The predicted octanol–water partition coefficient (Wildman–Crippen LogP) is 4.36. The maximum Gasteiger partial charge on any atom is 0.0208 e. The third-order valence-electron chi connectivity index (χ3n) is 2.72. The largest absolute Gasteiger partial charge is 0.310 e. The highest BCUT2D eigenvalue weighted by Gasteiger charge is 2.03. The van der Waals surface area contributed by atoms with Crippen LogP contribution in [-0.2, 0) is 6.54 Å². The van der Waals surface area contributed by atoms with Crippen molar-refractivity contribution in [1.82, 2.24) is 5.32 Å². The molecule has 1 unspecified atom stereocenters. The molecule has 90 valence electrons. The Morgan fingerprint density at radius 1 is 1.19 bits per heavy atom. The average Bonchev–Trinajstić information content (AvgIpc) is 2.23. The van der Waals surface area contributed by atoms with E-state index in [0.717, 1.165) is 16.9 Å². The molecule has 0 aliphatic carbocycles. The molecule has 0 fully saturated rings. The van der Waals surface area contributed by atoms with Crippen LogP contribution >= 0.6 is 15.9 Å². The van der Waals surface area contributed by atoms with E-state index in [1.54, 1.807) is 0 Å². The Labute approximate surface area is 108 Å². The number of hydrogen-bond donors (Lipinski definition) is 1. The van der Waals surface area contributed by atoms with E-state index in [0.29, 0.717) is 6.04 Å². The first-order valence-corrected chi connectivity index (χ1v) is 6.85. The van der Waals surface area contributed by atoms with E-state index in [4.69, 9.17) is 0 Å². The molecule has 0 aliphatic rings. The number of nitrogens with one attached hydrogen (secondary N) is 1. The molecular formula is C14H22BrN. The molecule has 0 radical (unpaired) electrons. The van der Waals surface area contributed by atoms with Crippen molar-refractivity contribution in [3.8, 4) is 0 Å². The van der Waals surface area contributed by atoms with Crippen molar-refractivity contribution in [3.63, 3.8) is 0 Å². The lowest BCUT2D eigenvalue weighted by molar-refractivity contribution is 0.451. The van der Waals surface area contributed by atoms with Gasteiger partial charge in [-0.25, -0.2) is 0 Å². The molecule has 1 aromatic carbocycles. The summed E-state index contributed by atoms with van der Waals surface area (Å²) in [4.78, 5) is 0. The van der Waals surface area contributed by atoms with Crippen LogP contribution < -0.4 is 5.32 Å². The molecule has 0 bridgehead atoms. The van der Waals surface area contributed by atoms with Crippen LogP contribution in [0.25, 0.3) is 0 Å². The van der Waals surface area contributed by atoms with Gasteiger partial charge in [-0.05, 0) is 43.4 Å². The molecule has 1 nitrogen and oxygen atoms in total. The van der Waals surface area contributed by atoms with Crippen LogP contribution in [0.5, 0.6) is 0 Å². The van der Waals surface area contributed by atoms with Crippen LogP contribution in [0.1, 0.15) is 39.2 Å². The third-order valence-corrected chi connectivity index (χ3v) is 3.21. The van der Waals surface area contributed by atoms with Gasteiger partial charge in [0.2, 0.25) is 0 Å². The summed E-state index contributed by atoms with van der Waals surface area (Å²) < 4.78 is 1.15. The molecule has 0 aromatic heterocycles. The van der Waals surface area contributed by atoms with Crippen molar-refractivity contribution in [1.29, 1.82) is 0 Å². The molecule has 1 aromatic rings. The second kappa shape index (κ2) is 7.08. The Morgan fingerprint density at radius 3 is 2.56 bits per heavy atom. The van der Waals surface area contributed by atoms with Gasteiger partial charge in [-0.1, -0.05) is 41.9 Å². The summed E-state index contributed by atoms with van der Waals surface area (Å²) in [7, 11) is 0. The number of hydrogen-bond acceptors (Lipinski definition) is 1. The molecule has 2 heteroatoms. The number of halogens is 1. The van der Waals surface area contributed by atoms with Crippen LogP contribution in [0, 0.1) is 5.92 Å². The van der Waals surface area contributed by atoms with Gasteiger partial charge in [0, 0.05) is 17.1 Å². The zero-order valence-corrected chi connectivity index (χ0v) is 12.0. The predicted molar refractivity (Wildman–Crippen MR) is 74.5 cm³/mol. The van der Waals surface area contributed by atoms with Gasteiger partial charge in [0.15, 0.2) is 0 Å². The van der Waals surface area contributed by atoms with Crippen molar-refractivity contribution < 1.29 is 0 Å². The minimum absolute atomic E-state index is 0.599. The highest BCUT2D eigenvalue weighted by molar-refractivity contribution is 9.10. The number of rotatable bonds is 6. The van der Waals surface area contributed by atoms with Gasteiger partial charge in [-0.3, -0.25) is 0 Å². The summed E-state index contributed by atoms with van der Waals surface area (Å²) in [6.45, 7) is 7.78. The molecule has 0 heterocycles.